The van der Waals surface area contributed by atoms with E-state index in [2.05, 4.69) is 0 Å². The maximum Gasteiger partial charge on any atom is 0.313 e. The van der Waals surface area contributed by atoms with Crippen molar-refractivity contribution in [3.63, 3.8) is 0 Å². The topological polar surface area (TPSA) is 63.6 Å². The lowest BCUT2D eigenvalue weighted by Crippen LogP contribution is -2.49. The fourth-order valence-electron chi connectivity index (χ4n) is 4.38. The van der Waals surface area contributed by atoms with E-state index in [0.717, 1.165) is 11.1 Å². The number of aliphatic hydroxyl groups is 1. The molecule has 0 bridgehead atoms. The van der Waals surface area contributed by atoms with Crippen LogP contribution in [0.25, 0.3) is 0 Å². The molecule has 3 aromatic carbocycles. The van der Waals surface area contributed by atoms with Crippen molar-refractivity contribution in [3.05, 3.63) is 108 Å². The molecule has 0 radical (unpaired) electrons. The van der Waals surface area contributed by atoms with E-state index in [1.54, 1.807) is 24.3 Å². The van der Waals surface area contributed by atoms with Gasteiger partial charge in [-0.2, -0.15) is 0 Å². The molecule has 0 amide bonds. The molecule has 3 aromatic rings. The molecule has 0 saturated heterocycles. The third kappa shape index (κ3) is 4.05. The average molecular weight is 400 g/mol. The summed E-state index contributed by atoms with van der Waals surface area (Å²) in [5.74, 6) is -1.90. The van der Waals surface area contributed by atoms with Crippen LogP contribution in [0.4, 0.5) is 0 Å². The highest BCUT2D eigenvalue weighted by atomic mass is 16.5. The molecule has 1 N–H and O–H groups in total. The molecule has 0 aliphatic heterocycles. The Bertz CT molecular complexity index is 1000. The molecule has 30 heavy (non-hydrogen) atoms. The maximum atomic E-state index is 13.4. The number of rotatable bonds is 5. The lowest BCUT2D eigenvalue weighted by atomic mass is 9.63. The van der Waals surface area contributed by atoms with E-state index in [9.17, 15) is 14.7 Å². The number of carbonyl (C=O) groups excluding carboxylic acids is 2. The van der Waals surface area contributed by atoms with E-state index in [1.807, 2.05) is 66.7 Å². The first kappa shape index (κ1) is 20.0. The van der Waals surface area contributed by atoms with E-state index < -0.39 is 23.4 Å². The van der Waals surface area contributed by atoms with E-state index in [4.69, 9.17) is 4.74 Å². The van der Waals surface area contributed by atoms with Gasteiger partial charge in [-0.3, -0.25) is 9.59 Å². The number of benzene rings is 3. The van der Waals surface area contributed by atoms with Crippen molar-refractivity contribution in [2.45, 2.75) is 31.0 Å². The van der Waals surface area contributed by atoms with Crippen molar-refractivity contribution in [2.75, 3.05) is 0 Å². The van der Waals surface area contributed by atoms with Gasteiger partial charge in [-0.1, -0.05) is 91.0 Å². The molecule has 3 atom stereocenters. The minimum Gasteiger partial charge on any atom is -0.460 e. The number of hydrogen-bond acceptors (Lipinski definition) is 4. The number of hydrogen-bond donors (Lipinski definition) is 1. The molecule has 4 nitrogen and oxygen atoms in total. The number of Topliss-reactive ketones (excluding diaryl/α,β-unsaturated/α-hetero) is 1. The second-order valence-corrected chi connectivity index (χ2v) is 7.80. The molecule has 4 heteroatoms. The second kappa shape index (κ2) is 8.64. The largest absolute Gasteiger partial charge is 0.460 e. The van der Waals surface area contributed by atoms with Crippen LogP contribution in [0.1, 0.15) is 35.4 Å². The minimum atomic E-state index is -1.62. The molecular weight excluding hydrogens is 376 g/mol. The predicted molar refractivity (Wildman–Crippen MR) is 113 cm³/mol. The zero-order valence-corrected chi connectivity index (χ0v) is 16.6. The van der Waals surface area contributed by atoms with Crippen LogP contribution in [0.15, 0.2) is 91.0 Å². The SMILES string of the molecule is O=C1C[C@@H](c2ccccc2)[C@H](C(=O)OCc2ccccc2)[C@@](O)(c2ccccc2)C1. The molecular formula is C26H24O4. The highest BCUT2D eigenvalue weighted by Crippen LogP contribution is 2.48. The van der Waals surface area contributed by atoms with Gasteiger partial charge in [0.1, 0.15) is 18.0 Å². The van der Waals surface area contributed by atoms with Crippen molar-refractivity contribution in [1.82, 2.24) is 0 Å². The van der Waals surface area contributed by atoms with Gasteiger partial charge in [-0.15, -0.1) is 0 Å². The Morgan fingerprint density at radius 2 is 1.47 bits per heavy atom. The highest BCUT2D eigenvalue weighted by Gasteiger charge is 2.53. The average Bonchev–Trinajstić information content (AvgIpc) is 2.79. The fourth-order valence-corrected chi connectivity index (χ4v) is 4.38. The standard InChI is InChI=1S/C26H24O4/c27-22-16-23(20-12-6-2-7-13-20)24(25(28)30-18-19-10-4-1-5-11-19)26(29,17-22)21-14-8-3-9-15-21/h1-15,23-24,29H,16-18H2/t23-,24+,26-/m0/s1. The van der Waals surface area contributed by atoms with Crippen LogP contribution in [0.3, 0.4) is 0 Å². The number of ketones is 1. The van der Waals surface area contributed by atoms with Crippen LogP contribution < -0.4 is 0 Å². The molecule has 0 unspecified atom stereocenters. The third-order valence-electron chi connectivity index (χ3n) is 5.81. The van der Waals surface area contributed by atoms with Crippen LogP contribution in [0, 0.1) is 5.92 Å². The Kier molecular flexibility index (Phi) is 5.77. The van der Waals surface area contributed by atoms with Crippen LogP contribution in [-0.2, 0) is 26.5 Å². The monoisotopic (exact) mass is 400 g/mol. The van der Waals surface area contributed by atoms with Crippen LogP contribution >= 0.6 is 0 Å². The molecule has 1 aliphatic rings. The lowest BCUT2D eigenvalue weighted by molar-refractivity contribution is -0.169. The zero-order valence-electron chi connectivity index (χ0n) is 16.6. The highest BCUT2D eigenvalue weighted by molar-refractivity contribution is 5.87. The second-order valence-electron chi connectivity index (χ2n) is 7.80. The van der Waals surface area contributed by atoms with E-state index in [1.165, 1.54) is 0 Å². The molecule has 0 heterocycles. The smallest absolute Gasteiger partial charge is 0.313 e. The van der Waals surface area contributed by atoms with Crippen LogP contribution in [0.2, 0.25) is 0 Å². The first-order chi connectivity index (χ1) is 14.6. The predicted octanol–water partition coefficient (Wildman–Crippen LogP) is 4.38. The Balaban J connectivity index is 1.72. The Morgan fingerprint density at radius 3 is 2.10 bits per heavy atom. The van der Waals surface area contributed by atoms with Gasteiger partial charge < -0.3 is 9.84 Å². The van der Waals surface area contributed by atoms with Crippen molar-refractivity contribution in [2.24, 2.45) is 5.92 Å². The molecule has 1 saturated carbocycles. The summed E-state index contributed by atoms with van der Waals surface area (Å²) in [5, 5.41) is 11.8. The Labute approximate surface area is 176 Å². The Hall–Kier alpha value is -3.24. The first-order valence-electron chi connectivity index (χ1n) is 10.1. The maximum absolute atomic E-state index is 13.4. The van der Waals surface area contributed by atoms with Gasteiger partial charge in [0.15, 0.2) is 0 Å². The van der Waals surface area contributed by atoms with Gasteiger partial charge in [-0.25, -0.2) is 0 Å². The van der Waals surface area contributed by atoms with Crippen molar-refractivity contribution >= 4 is 11.8 Å². The van der Waals surface area contributed by atoms with Gasteiger partial charge >= 0.3 is 5.97 Å². The summed E-state index contributed by atoms with van der Waals surface area (Å²) in [4.78, 5) is 26.0. The molecule has 0 aromatic heterocycles. The van der Waals surface area contributed by atoms with Gasteiger partial charge in [0.05, 0.1) is 5.92 Å². The Morgan fingerprint density at radius 1 is 0.900 bits per heavy atom. The van der Waals surface area contributed by atoms with Gasteiger partial charge in [0.2, 0.25) is 0 Å². The van der Waals surface area contributed by atoms with E-state index >= 15 is 0 Å². The summed E-state index contributed by atoms with van der Waals surface area (Å²) in [6, 6.07) is 27.8. The van der Waals surface area contributed by atoms with E-state index in [0.29, 0.717) is 5.56 Å². The zero-order chi connectivity index (χ0) is 21.0. The third-order valence-corrected chi connectivity index (χ3v) is 5.81. The number of ether oxygens (including phenoxy) is 1. The lowest BCUT2D eigenvalue weighted by Gasteiger charge is -2.43. The van der Waals surface area contributed by atoms with Gasteiger partial charge in [0, 0.05) is 18.8 Å². The minimum absolute atomic E-state index is 0.0673. The fraction of sp³-hybridized carbons (Fsp3) is 0.231. The van der Waals surface area contributed by atoms with Crippen molar-refractivity contribution in [1.29, 1.82) is 0 Å². The molecule has 1 aliphatic carbocycles. The normalized spacial score (nSPS) is 23.7. The molecule has 1 fully saturated rings. The van der Waals surface area contributed by atoms with Crippen LogP contribution in [0.5, 0.6) is 0 Å². The van der Waals surface area contributed by atoms with E-state index in [-0.39, 0.29) is 25.2 Å². The van der Waals surface area contributed by atoms with Gasteiger partial charge in [0.25, 0.3) is 0 Å². The van der Waals surface area contributed by atoms with Crippen LogP contribution in [-0.4, -0.2) is 16.9 Å². The number of esters is 1. The summed E-state index contributed by atoms with van der Waals surface area (Å²) in [6.07, 6.45) is 0.0930. The quantitative estimate of drug-likeness (QED) is 0.646. The van der Waals surface area contributed by atoms with Gasteiger partial charge in [-0.05, 0) is 16.7 Å². The van der Waals surface area contributed by atoms with Crippen molar-refractivity contribution < 1.29 is 19.4 Å². The molecule has 0 spiro atoms. The molecule has 152 valence electrons. The summed E-state index contributed by atoms with van der Waals surface area (Å²) in [7, 11) is 0. The summed E-state index contributed by atoms with van der Waals surface area (Å²) < 4.78 is 5.66. The van der Waals surface area contributed by atoms with Crippen molar-refractivity contribution in [3.8, 4) is 0 Å². The summed E-state index contributed by atoms with van der Waals surface area (Å²) in [5.41, 5.74) is 0.657. The summed E-state index contributed by atoms with van der Waals surface area (Å²) >= 11 is 0. The first-order valence-corrected chi connectivity index (χ1v) is 10.1. The molecule has 4 rings (SSSR count). The number of carbonyl (C=O) groups is 2. The summed E-state index contributed by atoms with van der Waals surface area (Å²) in [6.45, 7) is 0.122.